The summed E-state index contributed by atoms with van der Waals surface area (Å²) in [4.78, 5) is 35.1. The number of fused-ring (bicyclic) bond motifs is 3. The first kappa shape index (κ1) is 44.3. The van der Waals surface area contributed by atoms with Crippen LogP contribution in [0.25, 0.3) is 23.3 Å². The number of hydrogen-bond acceptors (Lipinski definition) is 12. The predicted octanol–water partition coefficient (Wildman–Crippen LogP) is 8.74. The number of carbonyl (C=O) groups excluding carboxylic acids is 3. The van der Waals surface area contributed by atoms with Crippen molar-refractivity contribution < 1.29 is 57.4 Å². The van der Waals surface area contributed by atoms with Gasteiger partial charge in [-0.25, -0.2) is 14.4 Å². The summed E-state index contributed by atoms with van der Waals surface area (Å²) in [5, 5.41) is 9.89. The molecule has 1 aliphatic carbocycles. The summed E-state index contributed by atoms with van der Waals surface area (Å²) < 4.78 is 44.3. The second-order valence-corrected chi connectivity index (χ2v) is 13.5. The van der Waals surface area contributed by atoms with Crippen molar-refractivity contribution in [2.45, 2.75) is 45.1 Å². The number of rotatable bonds is 24. The molecule has 314 valence electrons. The Morgan fingerprint density at radius 1 is 0.650 bits per heavy atom. The Kier molecular flexibility index (Phi) is 17.0. The van der Waals surface area contributed by atoms with E-state index in [2.05, 4.69) is 20.1 Å². The average molecular weight is 819 g/mol. The predicted molar refractivity (Wildman–Crippen MR) is 227 cm³/mol. The molecular formula is C48H50O12. The van der Waals surface area contributed by atoms with Crippen LogP contribution in [0, 0.1) is 0 Å². The van der Waals surface area contributed by atoms with E-state index in [9.17, 15) is 19.5 Å². The fourth-order valence-corrected chi connectivity index (χ4v) is 6.30. The fraction of sp³-hybridized carbons (Fsp3) is 0.271. The Morgan fingerprint density at radius 2 is 1.23 bits per heavy atom. The average Bonchev–Trinajstić information content (AvgIpc) is 3.54. The maximum atomic E-state index is 12.8. The maximum absolute atomic E-state index is 12.8. The number of hydrogen-bond donors (Lipinski definition) is 1. The molecule has 0 heterocycles. The summed E-state index contributed by atoms with van der Waals surface area (Å²) in [6.07, 6.45) is 11.3. The third-order valence-corrected chi connectivity index (χ3v) is 9.41. The number of carbonyl (C=O) groups is 3. The smallest absolute Gasteiger partial charge is 0.336 e. The van der Waals surface area contributed by atoms with Crippen molar-refractivity contribution in [3.63, 3.8) is 0 Å². The number of methoxy groups -OCH3 is 1. The molecule has 0 saturated heterocycles. The highest BCUT2D eigenvalue weighted by Gasteiger charge is 2.26. The molecule has 0 spiro atoms. The summed E-state index contributed by atoms with van der Waals surface area (Å²) in [5.41, 5.74) is 6.40. The summed E-state index contributed by atoms with van der Waals surface area (Å²) in [6, 6.07) is 22.4. The Morgan fingerprint density at radius 3 is 1.87 bits per heavy atom. The van der Waals surface area contributed by atoms with E-state index in [1.54, 1.807) is 49.8 Å². The zero-order chi connectivity index (χ0) is 42.7. The molecule has 1 atom stereocenters. The lowest BCUT2D eigenvalue weighted by Crippen LogP contribution is -2.05. The lowest BCUT2D eigenvalue weighted by Gasteiger charge is -2.11. The first-order chi connectivity index (χ1) is 29.2. The molecule has 0 aliphatic heterocycles. The van der Waals surface area contributed by atoms with Crippen LogP contribution in [0.4, 0.5) is 0 Å². The molecular weight excluding hydrogens is 769 g/mol. The summed E-state index contributed by atoms with van der Waals surface area (Å²) >= 11 is 0. The molecule has 0 fully saturated rings. The number of ether oxygens (including phenoxy) is 8. The Labute approximate surface area is 350 Å². The van der Waals surface area contributed by atoms with Crippen LogP contribution in [0.15, 0.2) is 110 Å². The molecule has 0 amide bonds. The molecule has 4 aromatic carbocycles. The highest BCUT2D eigenvalue weighted by atomic mass is 16.7. The molecule has 0 radical (unpaired) electrons. The monoisotopic (exact) mass is 818 g/mol. The van der Waals surface area contributed by atoms with Crippen LogP contribution in [0.3, 0.4) is 0 Å². The second-order valence-electron chi connectivity index (χ2n) is 13.5. The minimum Gasteiger partial charge on any atom is -0.493 e. The molecule has 1 N–H and O–H groups in total. The highest BCUT2D eigenvalue weighted by molar-refractivity contribution is 5.89. The molecule has 1 aliphatic rings. The van der Waals surface area contributed by atoms with Crippen molar-refractivity contribution in [1.82, 2.24) is 0 Å². The van der Waals surface area contributed by atoms with Gasteiger partial charge < -0.3 is 43.0 Å². The van der Waals surface area contributed by atoms with Crippen LogP contribution >= 0.6 is 0 Å². The van der Waals surface area contributed by atoms with Crippen LogP contribution in [-0.4, -0.2) is 63.3 Å². The topological polar surface area (TPSA) is 145 Å². The van der Waals surface area contributed by atoms with Gasteiger partial charge >= 0.3 is 17.9 Å². The summed E-state index contributed by atoms with van der Waals surface area (Å²) in [7, 11) is 1.58. The van der Waals surface area contributed by atoms with Crippen molar-refractivity contribution in [2.75, 3.05) is 40.3 Å². The molecule has 1 unspecified atom stereocenters. The van der Waals surface area contributed by atoms with Gasteiger partial charge in [0.05, 0.1) is 46.4 Å². The van der Waals surface area contributed by atoms with Crippen molar-refractivity contribution >= 4 is 30.1 Å². The Bertz CT molecular complexity index is 2190. The largest absolute Gasteiger partial charge is 0.493 e. The van der Waals surface area contributed by atoms with Gasteiger partial charge in [0.1, 0.15) is 17.2 Å². The first-order valence-electron chi connectivity index (χ1n) is 19.6. The Hall–Kier alpha value is -6.79. The van der Waals surface area contributed by atoms with Gasteiger partial charge in [-0.3, -0.25) is 0 Å². The third kappa shape index (κ3) is 12.9. The van der Waals surface area contributed by atoms with Crippen LogP contribution in [0.5, 0.6) is 28.7 Å². The quantitative estimate of drug-likeness (QED) is 0.0180. The van der Waals surface area contributed by atoms with Gasteiger partial charge in [0.2, 0.25) is 6.79 Å². The SMILES string of the molecule is C=CC(=O)OCCCCOc1ccc(C=CC(=O)Oc2ccc3c(c2)C(C)c2cc(OCOC=Cc4ccc(OCCCCOC(=O)C=C)c(OC)c4)ccc2-3)cc1CO. The maximum Gasteiger partial charge on any atom is 0.336 e. The van der Waals surface area contributed by atoms with Gasteiger partial charge in [0.25, 0.3) is 0 Å². The van der Waals surface area contributed by atoms with E-state index in [-0.39, 0.29) is 25.9 Å². The fourth-order valence-electron chi connectivity index (χ4n) is 6.30. The molecule has 12 nitrogen and oxygen atoms in total. The Balaban J connectivity index is 1.07. The van der Waals surface area contributed by atoms with E-state index >= 15 is 0 Å². The van der Waals surface area contributed by atoms with Crippen molar-refractivity contribution in [3.05, 3.63) is 138 Å². The number of esters is 3. The van der Waals surface area contributed by atoms with Gasteiger partial charge in [0, 0.05) is 29.7 Å². The summed E-state index contributed by atoms with van der Waals surface area (Å²) in [5.74, 6) is 1.43. The van der Waals surface area contributed by atoms with Gasteiger partial charge in [-0.15, -0.1) is 0 Å². The number of aliphatic hydroxyl groups is 1. The zero-order valence-corrected chi connectivity index (χ0v) is 33.9. The van der Waals surface area contributed by atoms with Crippen molar-refractivity contribution in [2.24, 2.45) is 0 Å². The molecule has 4 aromatic rings. The van der Waals surface area contributed by atoms with E-state index in [4.69, 9.17) is 37.9 Å². The van der Waals surface area contributed by atoms with Crippen LogP contribution in [0.2, 0.25) is 0 Å². The van der Waals surface area contributed by atoms with Gasteiger partial charge in [-0.05, 0) is 120 Å². The molecule has 60 heavy (non-hydrogen) atoms. The van der Waals surface area contributed by atoms with Gasteiger partial charge in [0.15, 0.2) is 11.5 Å². The molecule has 5 rings (SSSR count). The van der Waals surface area contributed by atoms with Crippen molar-refractivity contribution in [3.8, 4) is 39.9 Å². The first-order valence-corrected chi connectivity index (χ1v) is 19.6. The number of unbranched alkanes of at least 4 members (excludes halogenated alkanes) is 2. The molecule has 0 bridgehead atoms. The van der Waals surface area contributed by atoms with E-state index in [0.717, 1.165) is 40.0 Å². The van der Waals surface area contributed by atoms with Crippen molar-refractivity contribution in [1.29, 1.82) is 0 Å². The zero-order valence-electron chi connectivity index (χ0n) is 33.9. The second kappa shape index (κ2) is 23.0. The highest BCUT2D eigenvalue weighted by Crippen LogP contribution is 2.47. The van der Waals surface area contributed by atoms with Crippen LogP contribution in [-0.2, 0) is 35.2 Å². The standard InChI is InChI=1S/C48H50O12/c1-5-46(50)57-24-9-7-22-55-43-18-11-34(27-36(43)31-49)13-20-48(52)60-38-15-17-40-39-16-14-37(29-41(39)33(3)42(40)30-38)59-32-54-26-21-35-12-19-44(45(28-35)53-4)56-23-8-10-25-58-47(51)6-2/h5-6,11-21,26-30,33,49H,1-2,7-10,22-25,31-32H2,3-4H3. The lowest BCUT2D eigenvalue weighted by molar-refractivity contribution is -0.138. The normalized spacial score (nSPS) is 12.6. The number of benzene rings is 4. The minimum atomic E-state index is -0.537. The minimum absolute atomic E-state index is 0.00188. The van der Waals surface area contributed by atoms with Gasteiger partial charge in [-0.1, -0.05) is 44.3 Å². The van der Waals surface area contributed by atoms with Crippen LogP contribution < -0.4 is 23.7 Å². The van der Waals surface area contributed by atoms with E-state index in [1.807, 2.05) is 48.5 Å². The molecule has 0 aromatic heterocycles. The summed E-state index contributed by atoms with van der Waals surface area (Å²) in [6.45, 7) is 10.0. The van der Waals surface area contributed by atoms with E-state index < -0.39 is 17.9 Å². The van der Waals surface area contributed by atoms with Gasteiger partial charge in [-0.2, -0.15) is 0 Å². The van der Waals surface area contributed by atoms with E-state index in [0.29, 0.717) is 85.4 Å². The van der Waals surface area contributed by atoms with E-state index in [1.165, 1.54) is 6.08 Å². The lowest BCUT2D eigenvalue weighted by atomic mass is 9.99. The molecule has 0 saturated carbocycles. The third-order valence-electron chi connectivity index (χ3n) is 9.41. The van der Waals surface area contributed by atoms with Crippen LogP contribution in [0.1, 0.15) is 66.3 Å². The molecule has 12 heteroatoms. The number of aliphatic hydroxyl groups excluding tert-OH is 1.